The minimum absolute atomic E-state index is 0.245. The molecule has 3 N–H and O–H groups in total. The van der Waals surface area contributed by atoms with Gasteiger partial charge in [-0.1, -0.05) is 55.5 Å². The number of benzene rings is 4. The van der Waals surface area contributed by atoms with Gasteiger partial charge in [0.2, 0.25) is 5.89 Å². The number of rotatable bonds is 10. The maximum absolute atomic E-state index is 12.6. The number of likely N-dealkylation sites (tertiary alicyclic amines) is 2. The van der Waals surface area contributed by atoms with Gasteiger partial charge in [0.15, 0.2) is 5.58 Å². The smallest absolute Gasteiger partial charge is 0.252 e. The summed E-state index contributed by atoms with van der Waals surface area (Å²) in [5, 5.41) is 9.98. The molecule has 2 atom stereocenters. The summed E-state index contributed by atoms with van der Waals surface area (Å²) in [7, 11) is 1.72. The van der Waals surface area contributed by atoms with Crippen molar-refractivity contribution in [2.24, 2.45) is 11.7 Å². The Labute approximate surface area is 300 Å². The van der Waals surface area contributed by atoms with Gasteiger partial charge in [-0.05, 0) is 115 Å². The number of β-amino-alcohol motifs (C(OH)–C–C–N with tert-alkyl or cyclic N) is 1. The van der Waals surface area contributed by atoms with Crippen LogP contribution in [0.15, 0.2) is 65.1 Å². The minimum Gasteiger partial charge on any atom is -0.496 e. The number of aromatic nitrogens is 1. The van der Waals surface area contributed by atoms with Crippen LogP contribution in [-0.2, 0) is 13.1 Å². The Bertz CT molecular complexity index is 2130. The monoisotopic (exact) mass is 684 g/mol. The number of hydrogen-bond donors (Lipinski definition) is 2. The lowest BCUT2D eigenvalue weighted by Crippen LogP contribution is -2.21. The first kappa shape index (κ1) is 34.7. The number of nitrogens with zero attached hydrogens (tertiary/aromatic N) is 3. The van der Waals surface area contributed by atoms with Crippen LogP contribution in [0.25, 0.3) is 45.8 Å². The molecule has 1 aromatic heterocycles. The third kappa shape index (κ3) is 7.22. The van der Waals surface area contributed by atoms with Gasteiger partial charge >= 0.3 is 0 Å². The van der Waals surface area contributed by atoms with E-state index in [1.165, 1.54) is 12.0 Å². The molecular weight excluding hydrogens is 636 g/mol. The van der Waals surface area contributed by atoms with E-state index in [2.05, 4.69) is 86.0 Å². The van der Waals surface area contributed by atoms with Gasteiger partial charge in [0, 0.05) is 43.9 Å². The van der Waals surface area contributed by atoms with Crippen molar-refractivity contribution in [1.29, 1.82) is 0 Å². The number of oxazole rings is 1. The first-order valence-corrected chi connectivity index (χ1v) is 18.0. The third-order valence-electron chi connectivity index (χ3n) is 10.7. The number of aryl methyl sites for hydroxylation is 1. The molecule has 2 aliphatic heterocycles. The molecule has 8 nitrogen and oxygen atoms in total. The summed E-state index contributed by atoms with van der Waals surface area (Å²) in [6.45, 7) is 13.9. The highest BCUT2D eigenvalue weighted by atomic mass is 16.5. The molecule has 0 unspecified atom stereocenters. The van der Waals surface area contributed by atoms with Crippen LogP contribution in [0.1, 0.15) is 69.1 Å². The minimum atomic E-state index is -0.516. The number of ether oxygens (including phenoxy) is 1. The number of aliphatic hydroxyl groups excluding tert-OH is 1. The average molecular weight is 685 g/mol. The van der Waals surface area contributed by atoms with Crippen molar-refractivity contribution in [2.45, 2.75) is 59.7 Å². The van der Waals surface area contributed by atoms with Crippen molar-refractivity contribution < 1.29 is 19.1 Å². The zero-order valence-electron chi connectivity index (χ0n) is 30.3. The first-order chi connectivity index (χ1) is 24.6. The molecule has 8 heteroatoms. The molecular formula is C43H48N4O4. The lowest BCUT2D eigenvalue weighted by molar-refractivity contribution is 0.100. The number of fused-ring (bicyclic) bond motifs is 1. The normalized spacial score (nSPS) is 18.4. The molecule has 51 heavy (non-hydrogen) atoms. The van der Waals surface area contributed by atoms with Gasteiger partial charge in [-0.15, -0.1) is 0 Å². The van der Waals surface area contributed by atoms with Gasteiger partial charge in [-0.2, -0.15) is 0 Å². The van der Waals surface area contributed by atoms with Crippen LogP contribution in [0.4, 0.5) is 0 Å². The Morgan fingerprint density at radius 3 is 2.33 bits per heavy atom. The van der Waals surface area contributed by atoms with Crippen LogP contribution in [0.3, 0.4) is 0 Å². The number of aliphatic hydroxyl groups is 1. The highest BCUT2D eigenvalue weighted by Crippen LogP contribution is 2.37. The fraction of sp³-hybridized carbons (Fsp3) is 0.349. The molecule has 0 saturated carbocycles. The Hall–Kier alpha value is -4.76. The van der Waals surface area contributed by atoms with E-state index in [1.807, 2.05) is 24.3 Å². The van der Waals surface area contributed by atoms with Crippen LogP contribution in [-0.4, -0.2) is 65.2 Å². The maximum Gasteiger partial charge on any atom is 0.252 e. The molecule has 2 fully saturated rings. The van der Waals surface area contributed by atoms with Gasteiger partial charge in [0.1, 0.15) is 11.3 Å². The molecule has 0 aliphatic carbocycles. The maximum atomic E-state index is 12.6. The summed E-state index contributed by atoms with van der Waals surface area (Å²) in [4.78, 5) is 22.2. The van der Waals surface area contributed by atoms with Gasteiger partial charge in [-0.3, -0.25) is 14.6 Å². The summed E-state index contributed by atoms with van der Waals surface area (Å²) >= 11 is 0. The molecule has 5 aromatic rings. The predicted octanol–water partition coefficient (Wildman–Crippen LogP) is 7.77. The summed E-state index contributed by atoms with van der Waals surface area (Å²) in [5.74, 6) is 1.49. The first-order valence-electron chi connectivity index (χ1n) is 18.0. The van der Waals surface area contributed by atoms with E-state index in [-0.39, 0.29) is 6.10 Å². The van der Waals surface area contributed by atoms with Crippen LogP contribution in [0.2, 0.25) is 0 Å². The number of carbonyl (C=O) groups excluding carboxylic acids is 1. The number of carbonyl (C=O) groups is 1. The van der Waals surface area contributed by atoms with Gasteiger partial charge in [0.05, 0.1) is 18.8 Å². The molecule has 0 radical (unpaired) electrons. The number of methoxy groups -OCH3 is 1. The van der Waals surface area contributed by atoms with E-state index in [4.69, 9.17) is 19.9 Å². The number of nitrogens with two attached hydrogens (primary N) is 1. The van der Waals surface area contributed by atoms with E-state index in [0.717, 1.165) is 95.0 Å². The van der Waals surface area contributed by atoms with Crippen molar-refractivity contribution in [3.05, 3.63) is 105 Å². The van der Waals surface area contributed by atoms with Gasteiger partial charge < -0.3 is 20.0 Å². The highest BCUT2D eigenvalue weighted by Gasteiger charge is 2.24. The van der Waals surface area contributed by atoms with Crippen LogP contribution in [0, 0.1) is 26.7 Å². The lowest BCUT2D eigenvalue weighted by atomic mass is 9.91. The van der Waals surface area contributed by atoms with Gasteiger partial charge in [0.25, 0.3) is 5.91 Å². The standard InChI is InChI=1S/C43H48N4O4/c1-26-14-16-46(22-26)23-30-19-38(42(44)49)41-39(20-30)45-43(51-41)37-11-7-10-36(29(37)4)35-9-6-8-31(28(35)3)12-13-32-21-40(50-5)33(18-27(32)2)24-47-17-15-34(48)25-47/h6-13,18-21,26,34,48H,14-17,22-25H2,1-5H3,(H2,44,49)/b13-12+/t26-,34-/m1/s1. The molecule has 7 rings (SSSR count). The third-order valence-corrected chi connectivity index (χ3v) is 10.7. The second kappa shape index (κ2) is 14.5. The number of amides is 1. The predicted molar refractivity (Wildman–Crippen MR) is 204 cm³/mol. The SMILES string of the molecule is COc1cc(/C=C/c2cccc(-c3cccc(-c4nc5cc(CN6CC[C@@H](C)C6)cc(C(N)=O)c5o4)c3C)c2C)c(C)cc1CN1CC[C@@H](O)C1. The molecule has 2 aliphatic rings. The van der Waals surface area contributed by atoms with Crippen molar-refractivity contribution in [1.82, 2.24) is 14.8 Å². The van der Waals surface area contributed by atoms with E-state index < -0.39 is 5.91 Å². The number of primary amides is 1. The summed E-state index contributed by atoms with van der Waals surface area (Å²) in [6.07, 6.45) is 6.08. The average Bonchev–Trinajstić information content (AvgIpc) is 3.84. The van der Waals surface area contributed by atoms with Crippen molar-refractivity contribution >= 4 is 29.2 Å². The highest BCUT2D eigenvalue weighted by molar-refractivity contribution is 6.04. The fourth-order valence-electron chi connectivity index (χ4n) is 7.83. The van der Waals surface area contributed by atoms with Crippen molar-refractivity contribution in [3.63, 3.8) is 0 Å². The van der Waals surface area contributed by atoms with Crippen LogP contribution >= 0.6 is 0 Å². The van der Waals surface area contributed by atoms with E-state index in [0.29, 0.717) is 35.0 Å². The Morgan fingerprint density at radius 1 is 0.922 bits per heavy atom. The fourth-order valence-corrected chi connectivity index (χ4v) is 7.83. The van der Waals surface area contributed by atoms with Crippen LogP contribution < -0.4 is 10.5 Å². The molecule has 1 amide bonds. The zero-order chi connectivity index (χ0) is 35.8. The Balaban J connectivity index is 1.17. The Kier molecular flexibility index (Phi) is 9.84. The van der Waals surface area contributed by atoms with Crippen LogP contribution in [0.5, 0.6) is 5.75 Å². The molecule has 0 spiro atoms. The Morgan fingerprint density at radius 2 is 1.63 bits per heavy atom. The van der Waals surface area contributed by atoms with E-state index >= 15 is 0 Å². The topological polar surface area (TPSA) is 105 Å². The summed E-state index contributed by atoms with van der Waals surface area (Å²) in [5.41, 5.74) is 18.2. The second-order valence-corrected chi connectivity index (χ2v) is 14.5. The van der Waals surface area contributed by atoms with E-state index in [9.17, 15) is 9.90 Å². The van der Waals surface area contributed by atoms with Crippen molar-refractivity contribution in [2.75, 3.05) is 33.3 Å². The summed E-state index contributed by atoms with van der Waals surface area (Å²) in [6, 6.07) is 20.8. The second-order valence-electron chi connectivity index (χ2n) is 14.5. The van der Waals surface area contributed by atoms with Gasteiger partial charge in [-0.25, -0.2) is 4.98 Å². The number of hydrogen-bond acceptors (Lipinski definition) is 7. The molecule has 4 aromatic carbocycles. The molecule has 3 heterocycles. The van der Waals surface area contributed by atoms with Crippen molar-refractivity contribution in [3.8, 4) is 28.3 Å². The summed E-state index contributed by atoms with van der Waals surface area (Å²) < 4.78 is 12.1. The quantitative estimate of drug-likeness (QED) is 0.145. The zero-order valence-corrected chi connectivity index (χ0v) is 30.3. The molecule has 0 bridgehead atoms. The molecule has 2 saturated heterocycles. The lowest BCUT2D eigenvalue weighted by Gasteiger charge is -2.18. The largest absolute Gasteiger partial charge is 0.496 e. The van der Waals surface area contributed by atoms with E-state index in [1.54, 1.807) is 7.11 Å². The molecule has 264 valence electrons.